The smallest absolute Gasteiger partial charge is 0.341 e. The molecule has 3 saturated carbocycles. The summed E-state index contributed by atoms with van der Waals surface area (Å²) in [5.74, 6) is -2.46. The number of carboxylic acid groups (broad SMARTS) is 1. The number of thiophene rings is 1. The van der Waals surface area contributed by atoms with E-state index in [1.807, 2.05) is 0 Å². The van der Waals surface area contributed by atoms with E-state index < -0.39 is 23.8 Å². The van der Waals surface area contributed by atoms with E-state index in [1.165, 1.54) is 11.3 Å². The van der Waals surface area contributed by atoms with E-state index in [-0.39, 0.29) is 23.8 Å². The number of carbonyl (C=O) groups is 3. The number of carbonyl (C=O) groups excluding carboxylic acids is 2. The summed E-state index contributed by atoms with van der Waals surface area (Å²) in [6, 6.07) is 0. The number of aryl methyl sites for hydroxylation is 1. The average Bonchev–Trinajstić information content (AvgIpc) is 3.21. The van der Waals surface area contributed by atoms with Gasteiger partial charge in [0.1, 0.15) is 5.00 Å². The highest BCUT2D eigenvalue weighted by atomic mass is 32.1. The third-order valence-electron chi connectivity index (χ3n) is 6.51. The second-order valence-corrected chi connectivity index (χ2v) is 9.67. The lowest BCUT2D eigenvalue weighted by Crippen LogP contribution is -2.49. The number of carboxylic acids is 1. The Hall–Kier alpha value is -1.89. The summed E-state index contributed by atoms with van der Waals surface area (Å²) in [4.78, 5) is 38.9. The number of anilines is 1. The van der Waals surface area contributed by atoms with Crippen LogP contribution in [0.1, 0.15) is 66.8 Å². The molecule has 1 aromatic heterocycles. The van der Waals surface area contributed by atoms with E-state index in [9.17, 15) is 19.5 Å². The minimum Gasteiger partial charge on any atom is -0.481 e. The average molecular weight is 406 g/mol. The van der Waals surface area contributed by atoms with Gasteiger partial charge in [0.15, 0.2) is 0 Å². The van der Waals surface area contributed by atoms with Crippen LogP contribution in [-0.2, 0) is 27.2 Å². The predicted octanol–water partition coefficient (Wildman–Crippen LogP) is 3.88. The maximum atomic E-state index is 13.2. The summed E-state index contributed by atoms with van der Waals surface area (Å²) in [5.41, 5.74) is 1.47. The van der Waals surface area contributed by atoms with Crippen LogP contribution in [-0.4, -0.2) is 29.1 Å². The largest absolute Gasteiger partial charge is 0.481 e. The summed E-state index contributed by atoms with van der Waals surface area (Å²) in [5, 5.41) is 13.2. The van der Waals surface area contributed by atoms with Crippen LogP contribution in [0.2, 0.25) is 0 Å². The second kappa shape index (κ2) is 7.50. The van der Waals surface area contributed by atoms with Gasteiger partial charge >= 0.3 is 11.9 Å². The Morgan fingerprint density at radius 3 is 2.32 bits per heavy atom. The molecule has 0 unspecified atom stereocenters. The molecule has 5 rings (SSSR count). The van der Waals surface area contributed by atoms with Crippen molar-refractivity contribution in [3.63, 3.8) is 0 Å². The summed E-state index contributed by atoms with van der Waals surface area (Å²) in [6.45, 7) is 3.61. The van der Waals surface area contributed by atoms with Crippen LogP contribution in [0.15, 0.2) is 0 Å². The lowest BCUT2D eigenvalue weighted by atomic mass is 9.58. The molecule has 0 aromatic carbocycles. The molecule has 0 radical (unpaired) electrons. The minimum absolute atomic E-state index is 0.0805. The van der Waals surface area contributed by atoms with Crippen LogP contribution >= 0.6 is 11.3 Å². The van der Waals surface area contributed by atoms with E-state index in [1.54, 1.807) is 13.8 Å². The van der Waals surface area contributed by atoms with Gasteiger partial charge in [-0.25, -0.2) is 4.79 Å². The summed E-state index contributed by atoms with van der Waals surface area (Å²) in [6.07, 6.45) is 6.10. The van der Waals surface area contributed by atoms with Gasteiger partial charge in [-0.2, -0.15) is 0 Å². The first-order valence-corrected chi connectivity index (χ1v) is 11.1. The summed E-state index contributed by atoms with van der Waals surface area (Å²) in [7, 11) is 0. The Morgan fingerprint density at radius 1 is 1.07 bits per heavy atom. The molecule has 1 amide bonds. The highest BCUT2D eigenvalue weighted by Crippen LogP contribution is 2.50. The molecule has 152 valence electrons. The first kappa shape index (κ1) is 19.4. The molecule has 2 N–H and O–H groups in total. The van der Waals surface area contributed by atoms with E-state index in [0.29, 0.717) is 10.6 Å². The van der Waals surface area contributed by atoms with E-state index in [4.69, 9.17) is 4.74 Å². The second-order valence-electron chi connectivity index (χ2n) is 8.57. The van der Waals surface area contributed by atoms with E-state index >= 15 is 0 Å². The first-order chi connectivity index (χ1) is 13.4. The molecule has 2 bridgehead atoms. The van der Waals surface area contributed by atoms with Gasteiger partial charge in [-0.05, 0) is 76.2 Å². The fourth-order valence-electron chi connectivity index (χ4n) is 5.36. The number of rotatable bonds is 5. The molecular formula is C21H27NO5S. The van der Waals surface area contributed by atoms with Crippen LogP contribution < -0.4 is 5.32 Å². The monoisotopic (exact) mass is 405 g/mol. The van der Waals surface area contributed by atoms with Gasteiger partial charge in [0.25, 0.3) is 0 Å². The van der Waals surface area contributed by atoms with Crippen LogP contribution in [0.5, 0.6) is 0 Å². The Morgan fingerprint density at radius 2 is 1.71 bits per heavy atom. The summed E-state index contributed by atoms with van der Waals surface area (Å²) >= 11 is 1.45. The number of hydrogen-bond acceptors (Lipinski definition) is 5. The van der Waals surface area contributed by atoms with Crippen LogP contribution in [0, 0.1) is 23.7 Å². The summed E-state index contributed by atoms with van der Waals surface area (Å²) < 4.78 is 5.42. The Labute approximate surface area is 168 Å². The Bertz CT molecular complexity index is 806. The van der Waals surface area contributed by atoms with Gasteiger partial charge < -0.3 is 15.2 Å². The number of ether oxygens (including phenoxy) is 1. The first-order valence-electron chi connectivity index (χ1n) is 10.3. The Balaban J connectivity index is 1.61. The zero-order valence-corrected chi connectivity index (χ0v) is 17.1. The van der Waals surface area contributed by atoms with Crippen molar-refractivity contribution in [2.45, 2.75) is 64.9 Å². The quantitative estimate of drug-likeness (QED) is 0.725. The molecule has 0 aliphatic heterocycles. The van der Waals surface area contributed by atoms with Crippen molar-refractivity contribution in [2.24, 2.45) is 23.7 Å². The van der Waals surface area contributed by atoms with Crippen molar-refractivity contribution >= 4 is 34.2 Å². The number of aliphatic carboxylic acids is 1. The predicted molar refractivity (Wildman–Crippen MR) is 106 cm³/mol. The van der Waals surface area contributed by atoms with Crippen molar-refractivity contribution in [1.29, 1.82) is 0 Å². The SMILES string of the molecule is CC(C)OC(=O)c1c(NC(=O)[C@@H]2C3CCC(CC3)[C@@H]2C(=O)O)sc2c1CCC2. The number of esters is 1. The van der Waals surface area contributed by atoms with Crippen LogP contribution in [0.25, 0.3) is 0 Å². The van der Waals surface area contributed by atoms with E-state index in [2.05, 4.69) is 5.32 Å². The number of hydrogen-bond donors (Lipinski definition) is 2. The van der Waals surface area contributed by atoms with Crippen molar-refractivity contribution in [2.75, 3.05) is 5.32 Å². The maximum Gasteiger partial charge on any atom is 0.341 e. The number of fused-ring (bicyclic) bond motifs is 4. The minimum atomic E-state index is -0.873. The topological polar surface area (TPSA) is 92.7 Å². The molecule has 0 saturated heterocycles. The van der Waals surface area contributed by atoms with Crippen molar-refractivity contribution in [3.8, 4) is 0 Å². The lowest BCUT2D eigenvalue weighted by molar-refractivity contribution is -0.156. The van der Waals surface area contributed by atoms with Crippen LogP contribution in [0.4, 0.5) is 5.00 Å². The maximum absolute atomic E-state index is 13.2. The van der Waals surface area contributed by atoms with Gasteiger partial charge in [-0.3, -0.25) is 9.59 Å². The third-order valence-corrected chi connectivity index (χ3v) is 7.72. The highest BCUT2D eigenvalue weighted by Gasteiger charge is 2.50. The fraction of sp³-hybridized carbons (Fsp3) is 0.667. The normalized spacial score (nSPS) is 28.2. The van der Waals surface area contributed by atoms with Gasteiger partial charge in [-0.15, -0.1) is 11.3 Å². The molecule has 7 heteroatoms. The molecule has 4 aliphatic rings. The number of nitrogens with one attached hydrogen (secondary N) is 1. The zero-order chi connectivity index (χ0) is 20.0. The molecule has 6 nitrogen and oxygen atoms in total. The van der Waals surface area contributed by atoms with Gasteiger partial charge in [0.05, 0.1) is 23.5 Å². The van der Waals surface area contributed by atoms with Gasteiger partial charge in [-0.1, -0.05) is 0 Å². The molecule has 1 aromatic rings. The van der Waals surface area contributed by atoms with Crippen molar-refractivity contribution < 1.29 is 24.2 Å². The van der Waals surface area contributed by atoms with Crippen molar-refractivity contribution in [3.05, 3.63) is 16.0 Å². The molecular weight excluding hydrogens is 378 g/mol. The fourth-order valence-corrected chi connectivity index (χ4v) is 6.64. The molecule has 2 atom stereocenters. The zero-order valence-electron chi connectivity index (χ0n) is 16.3. The van der Waals surface area contributed by atoms with Crippen LogP contribution in [0.3, 0.4) is 0 Å². The molecule has 28 heavy (non-hydrogen) atoms. The molecule has 3 fully saturated rings. The third kappa shape index (κ3) is 3.34. The Kier molecular flexibility index (Phi) is 5.21. The molecule has 1 heterocycles. The molecule has 4 aliphatic carbocycles. The van der Waals surface area contributed by atoms with Crippen molar-refractivity contribution in [1.82, 2.24) is 0 Å². The molecule has 0 spiro atoms. The van der Waals surface area contributed by atoms with Gasteiger partial charge in [0.2, 0.25) is 5.91 Å². The van der Waals surface area contributed by atoms with Gasteiger partial charge in [0, 0.05) is 4.88 Å². The van der Waals surface area contributed by atoms with E-state index in [0.717, 1.165) is 55.4 Å². The standard InChI is InChI=1S/C21H27NO5S/c1-10(2)27-21(26)17-13-4-3-5-14(13)28-19(17)22-18(23)15-11-6-8-12(9-7-11)16(15)20(24)25/h10-12,15-16H,3-9H2,1-2H3,(H,22,23)(H,24,25)/t11?,12?,15-,16+/m1/s1. The lowest BCUT2D eigenvalue weighted by Gasteiger charge is -2.45. The highest BCUT2D eigenvalue weighted by molar-refractivity contribution is 7.17. The number of amides is 1.